The van der Waals surface area contributed by atoms with Gasteiger partial charge in [0.25, 0.3) is 0 Å². The van der Waals surface area contributed by atoms with Gasteiger partial charge in [-0.2, -0.15) is 0 Å². The van der Waals surface area contributed by atoms with E-state index in [1.54, 1.807) is 6.26 Å². The summed E-state index contributed by atoms with van der Waals surface area (Å²) in [7, 11) is 0. The Morgan fingerprint density at radius 1 is 1.41 bits per heavy atom. The quantitative estimate of drug-likeness (QED) is 0.598. The van der Waals surface area contributed by atoms with Crippen molar-refractivity contribution >= 4 is 5.96 Å². The molecule has 2 rings (SSSR count). The van der Waals surface area contributed by atoms with Crippen LogP contribution in [0, 0.1) is 5.92 Å². The van der Waals surface area contributed by atoms with E-state index >= 15 is 0 Å². The number of nitrogens with one attached hydrogen (secondary N) is 2. The summed E-state index contributed by atoms with van der Waals surface area (Å²) in [4.78, 5) is 4.56. The molecule has 0 aliphatic heterocycles. The number of guanidine groups is 1. The molecule has 124 valence electrons. The van der Waals surface area contributed by atoms with E-state index in [1.807, 2.05) is 6.07 Å². The molecule has 0 saturated heterocycles. The fourth-order valence-corrected chi connectivity index (χ4v) is 3.07. The molecule has 2 N–H and O–H groups in total. The Kier molecular flexibility index (Phi) is 7.26. The maximum Gasteiger partial charge on any atom is 0.191 e. The van der Waals surface area contributed by atoms with Gasteiger partial charge in [-0.3, -0.25) is 0 Å². The Morgan fingerprint density at radius 3 is 2.91 bits per heavy atom. The first kappa shape index (κ1) is 16.8. The van der Waals surface area contributed by atoms with E-state index in [9.17, 15) is 0 Å². The Balaban J connectivity index is 1.74. The topological polar surface area (TPSA) is 62.5 Å². The molecule has 1 aromatic heterocycles. The van der Waals surface area contributed by atoms with Crippen molar-refractivity contribution in [2.24, 2.45) is 10.9 Å². The second-order valence-electron chi connectivity index (χ2n) is 6.31. The van der Waals surface area contributed by atoms with Crippen molar-refractivity contribution in [3.05, 3.63) is 18.0 Å². The van der Waals surface area contributed by atoms with E-state index in [-0.39, 0.29) is 0 Å². The van der Waals surface area contributed by atoms with E-state index in [2.05, 4.69) is 34.6 Å². The van der Waals surface area contributed by atoms with E-state index < -0.39 is 0 Å². The van der Waals surface area contributed by atoms with Crippen LogP contribution < -0.4 is 10.6 Å². The minimum atomic E-state index is 0.442. The van der Waals surface area contributed by atoms with Gasteiger partial charge in [0.2, 0.25) is 0 Å². The summed E-state index contributed by atoms with van der Waals surface area (Å²) in [6.07, 6.45) is 11.3. The fraction of sp³-hybridized carbons (Fsp3) is 0.765. The Hall–Kier alpha value is -1.52. The molecule has 1 aliphatic carbocycles. The summed E-state index contributed by atoms with van der Waals surface area (Å²) >= 11 is 0. The average molecular weight is 306 g/mol. The van der Waals surface area contributed by atoms with Crippen LogP contribution in [0.15, 0.2) is 21.8 Å². The Bertz CT molecular complexity index is 424. The van der Waals surface area contributed by atoms with Crippen molar-refractivity contribution in [3.8, 4) is 0 Å². The summed E-state index contributed by atoms with van der Waals surface area (Å²) in [6.45, 7) is 5.73. The molecule has 1 aliphatic rings. The largest absolute Gasteiger partial charge is 0.364 e. The Labute approximate surface area is 133 Å². The highest BCUT2D eigenvalue weighted by Crippen LogP contribution is 2.27. The molecule has 0 spiro atoms. The molecule has 22 heavy (non-hydrogen) atoms. The molecule has 0 radical (unpaired) electrons. The summed E-state index contributed by atoms with van der Waals surface area (Å²) < 4.78 is 4.83. The molecule has 1 saturated carbocycles. The second kappa shape index (κ2) is 9.49. The van der Waals surface area contributed by atoms with Crippen LogP contribution in [0.3, 0.4) is 0 Å². The predicted molar refractivity (Wildman–Crippen MR) is 89.7 cm³/mol. The molecular weight excluding hydrogens is 276 g/mol. The highest BCUT2D eigenvalue weighted by Gasteiger charge is 2.15. The van der Waals surface area contributed by atoms with Crippen LogP contribution in [0.1, 0.15) is 64.5 Å². The highest BCUT2D eigenvalue weighted by molar-refractivity contribution is 5.79. The van der Waals surface area contributed by atoms with Crippen molar-refractivity contribution in [2.75, 3.05) is 6.54 Å². The lowest BCUT2D eigenvalue weighted by atomic mass is 9.85. The van der Waals surface area contributed by atoms with E-state index in [4.69, 9.17) is 4.52 Å². The lowest BCUT2D eigenvalue weighted by Gasteiger charge is -2.24. The minimum Gasteiger partial charge on any atom is -0.364 e. The van der Waals surface area contributed by atoms with Gasteiger partial charge in [-0.1, -0.05) is 37.3 Å². The SMILES string of the molecule is CCNC(=NCc1ccon1)NC(C)CCC1CCCCC1. The van der Waals surface area contributed by atoms with Crippen molar-refractivity contribution in [1.82, 2.24) is 15.8 Å². The van der Waals surface area contributed by atoms with E-state index in [0.717, 1.165) is 24.1 Å². The number of nitrogens with zero attached hydrogens (tertiary/aromatic N) is 2. The molecule has 0 bridgehead atoms. The molecular formula is C17H30N4O. The zero-order valence-corrected chi connectivity index (χ0v) is 14.0. The summed E-state index contributed by atoms with van der Waals surface area (Å²) in [5.41, 5.74) is 0.854. The van der Waals surface area contributed by atoms with Gasteiger partial charge in [-0.15, -0.1) is 0 Å². The van der Waals surface area contributed by atoms with Gasteiger partial charge in [0, 0.05) is 18.7 Å². The summed E-state index contributed by atoms with van der Waals surface area (Å²) in [5.74, 6) is 1.80. The molecule has 5 heteroatoms. The standard InChI is InChI=1S/C17H30N4O/c1-3-18-17(19-13-16-11-12-22-21-16)20-14(2)9-10-15-7-5-4-6-8-15/h11-12,14-15H,3-10,13H2,1-2H3,(H2,18,19,20). The van der Waals surface area contributed by atoms with Gasteiger partial charge in [0.05, 0.1) is 6.54 Å². The molecule has 5 nitrogen and oxygen atoms in total. The fourth-order valence-electron chi connectivity index (χ4n) is 3.07. The molecule has 1 fully saturated rings. The van der Waals surface area contributed by atoms with Crippen LogP contribution in [0.4, 0.5) is 0 Å². The van der Waals surface area contributed by atoms with Crippen LogP contribution in [0.25, 0.3) is 0 Å². The van der Waals surface area contributed by atoms with Gasteiger partial charge in [-0.25, -0.2) is 4.99 Å². The lowest BCUT2D eigenvalue weighted by Crippen LogP contribution is -2.42. The number of hydrogen-bond acceptors (Lipinski definition) is 3. The number of hydrogen-bond donors (Lipinski definition) is 2. The minimum absolute atomic E-state index is 0.442. The number of aromatic nitrogens is 1. The molecule has 0 amide bonds. The van der Waals surface area contributed by atoms with Crippen molar-refractivity contribution < 1.29 is 4.52 Å². The smallest absolute Gasteiger partial charge is 0.191 e. The molecule has 1 atom stereocenters. The third-order valence-corrected chi connectivity index (χ3v) is 4.35. The van der Waals surface area contributed by atoms with Crippen molar-refractivity contribution in [3.63, 3.8) is 0 Å². The van der Waals surface area contributed by atoms with Crippen LogP contribution >= 0.6 is 0 Å². The van der Waals surface area contributed by atoms with E-state index in [1.165, 1.54) is 44.9 Å². The van der Waals surface area contributed by atoms with Crippen molar-refractivity contribution in [2.45, 2.75) is 71.4 Å². The van der Waals surface area contributed by atoms with Gasteiger partial charge in [0.15, 0.2) is 5.96 Å². The van der Waals surface area contributed by atoms with Gasteiger partial charge in [-0.05, 0) is 32.6 Å². The first-order chi connectivity index (χ1) is 10.8. The predicted octanol–water partition coefficient (Wildman–Crippen LogP) is 3.48. The maximum absolute atomic E-state index is 4.83. The monoisotopic (exact) mass is 306 g/mol. The molecule has 1 unspecified atom stereocenters. The normalized spacial score (nSPS) is 18.2. The highest BCUT2D eigenvalue weighted by atomic mass is 16.5. The van der Waals surface area contributed by atoms with Crippen LogP contribution in [-0.2, 0) is 6.54 Å². The third kappa shape index (κ3) is 6.08. The number of rotatable bonds is 7. The van der Waals surface area contributed by atoms with Crippen LogP contribution in [-0.4, -0.2) is 23.7 Å². The summed E-state index contributed by atoms with van der Waals surface area (Å²) in [5, 5.41) is 10.7. The molecule has 1 aromatic rings. The second-order valence-corrected chi connectivity index (χ2v) is 6.31. The van der Waals surface area contributed by atoms with Gasteiger partial charge < -0.3 is 15.2 Å². The van der Waals surface area contributed by atoms with Crippen molar-refractivity contribution in [1.29, 1.82) is 0 Å². The first-order valence-corrected chi connectivity index (χ1v) is 8.72. The van der Waals surface area contributed by atoms with Crippen LogP contribution in [0.5, 0.6) is 0 Å². The van der Waals surface area contributed by atoms with Crippen LogP contribution in [0.2, 0.25) is 0 Å². The Morgan fingerprint density at radius 2 is 2.23 bits per heavy atom. The number of aliphatic imine (C=N–C) groups is 1. The average Bonchev–Trinajstić information content (AvgIpc) is 3.05. The third-order valence-electron chi connectivity index (χ3n) is 4.35. The van der Waals surface area contributed by atoms with E-state index in [0.29, 0.717) is 12.6 Å². The summed E-state index contributed by atoms with van der Waals surface area (Å²) in [6, 6.07) is 2.29. The zero-order chi connectivity index (χ0) is 15.6. The van der Waals surface area contributed by atoms with Gasteiger partial charge >= 0.3 is 0 Å². The molecule has 1 heterocycles. The zero-order valence-electron chi connectivity index (χ0n) is 14.0. The maximum atomic E-state index is 4.83. The first-order valence-electron chi connectivity index (χ1n) is 8.72. The molecule has 0 aromatic carbocycles. The lowest BCUT2D eigenvalue weighted by molar-refractivity contribution is 0.322. The van der Waals surface area contributed by atoms with Gasteiger partial charge in [0.1, 0.15) is 12.0 Å².